The van der Waals surface area contributed by atoms with Gasteiger partial charge in [0, 0.05) is 18.5 Å². The zero-order chi connectivity index (χ0) is 20.6. The van der Waals surface area contributed by atoms with E-state index in [2.05, 4.69) is 34.5 Å². The number of nitrogens with zero attached hydrogens (tertiary/aromatic N) is 1. The summed E-state index contributed by atoms with van der Waals surface area (Å²) >= 11 is 0. The Labute approximate surface area is 170 Å². The molecule has 1 fully saturated rings. The maximum Gasteiger partial charge on any atom is 0.408 e. The molecule has 1 heterocycles. The number of carbonyl (C=O) groups is 2. The van der Waals surface area contributed by atoms with Crippen LogP contribution in [-0.2, 0) is 9.53 Å². The van der Waals surface area contributed by atoms with Crippen molar-refractivity contribution in [1.82, 2.24) is 10.2 Å². The minimum atomic E-state index is -1.28. The maximum absolute atomic E-state index is 12.6. The maximum atomic E-state index is 12.6. The zero-order valence-electron chi connectivity index (χ0n) is 16.7. The van der Waals surface area contributed by atoms with Crippen LogP contribution in [-0.4, -0.2) is 53.8 Å². The summed E-state index contributed by atoms with van der Waals surface area (Å²) in [5, 5.41) is 12.5. The van der Waals surface area contributed by atoms with Gasteiger partial charge in [0.1, 0.15) is 12.1 Å². The Bertz CT molecular complexity index is 898. The fourth-order valence-electron chi connectivity index (χ4n) is 4.54. The average Bonchev–Trinajstić information content (AvgIpc) is 3.03. The van der Waals surface area contributed by atoms with Crippen LogP contribution in [0.15, 0.2) is 48.5 Å². The lowest BCUT2D eigenvalue weighted by molar-refractivity contribution is -0.147. The predicted molar refractivity (Wildman–Crippen MR) is 110 cm³/mol. The Balaban J connectivity index is 1.48. The average molecular weight is 394 g/mol. The number of amides is 1. The van der Waals surface area contributed by atoms with E-state index in [-0.39, 0.29) is 18.6 Å². The van der Waals surface area contributed by atoms with Crippen molar-refractivity contribution in [3.8, 4) is 11.1 Å². The number of likely N-dealkylation sites (tertiary alicyclic amines) is 1. The van der Waals surface area contributed by atoms with Crippen LogP contribution < -0.4 is 5.32 Å². The Hall–Kier alpha value is -2.86. The van der Waals surface area contributed by atoms with Gasteiger partial charge in [-0.05, 0) is 49.1 Å². The third-order valence-corrected chi connectivity index (χ3v) is 6.38. The highest BCUT2D eigenvalue weighted by Gasteiger charge is 2.45. The van der Waals surface area contributed by atoms with Crippen molar-refractivity contribution in [2.24, 2.45) is 0 Å². The number of aliphatic carboxylic acids is 1. The molecule has 29 heavy (non-hydrogen) atoms. The number of carbonyl (C=O) groups excluding carboxylic acids is 1. The number of alkyl carbamates (subject to hydrolysis) is 1. The number of benzene rings is 2. The molecule has 1 aliphatic carbocycles. The summed E-state index contributed by atoms with van der Waals surface area (Å²) in [5.41, 5.74) is 3.28. The Morgan fingerprint density at radius 2 is 1.72 bits per heavy atom. The normalized spacial score (nSPS) is 23.9. The number of carboxylic acid groups (broad SMARTS) is 1. The zero-order valence-corrected chi connectivity index (χ0v) is 16.7. The monoisotopic (exact) mass is 394 g/mol. The molecule has 0 spiro atoms. The molecule has 1 amide bonds. The molecule has 6 heteroatoms. The number of carboxylic acids is 1. The van der Waals surface area contributed by atoms with E-state index in [1.165, 1.54) is 0 Å². The molecule has 2 aromatic carbocycles. The van der Waals surface area contributed by atoms with Gasteiger partial charge in [0.2, 0.25) is 0 Å². The fourth-order valence-corrected chi connectivity index (χ4v) is 4.54. The van der Waals surface area contributed by atoms with E-state index in [4.69, 9.17) is 4.74 Å². The van der Waals surface area contributed by atoms with Crippen LogP contribution >= 0.6 is 0 Å². The highest BCUT2D eigenvalue weighted by molar-refractivity contribution is 5.85. The first-order chi connectivity index (χ1) is 13.9. The molecule has 2 aromatic rings. The van der Waals surface area contributed by atoms with Gasteiger partial charge in [0.25, 0.3) is 0 Å². The molecule has 0 saturated carbocycles. The van der Waals surface area contributed by atoms with Crippen LogP contribution in [0, 0.1) is 0 Å². The van der Waals surface area contributed by atoms with Crippen molar-refractivity contribution in [2.75, 3.05) is 20.2 Å². The van der Waals surface area contributed by atoms with Crippen LogP contribution in [0.25, 0.3) is 11.1 Å². The molecule has 2 aliphatic rings. The van der Waals surface area contributed by atoms with Crippen LogP contribution in [0.2, 0.25) is 0 Å². The molecule has 1 saturated heterocycles. The van der Waals surface area contributed by atoms with Gasteiger partial charge < -0.3 is 20.1 Å². The van der Waals surface area contributed by atoms with Crippen LogP contribution in [0.5, 0.6) is 0 Å². The van der Waals surface area contributed by atoms with Gasteiger partial charge in [-0.2, -0.15) is 0 Å². The van der Waals surface area contributed by atoms with E-state index in [1.807, 2.05) is 38.2 Å². The summed E-state index contributed by atoms with van der Waals surface area (Å²) in [6.07, 6.45) is 0.0298. The summed E-state index contributed by atoms with van der Waals surface area (Å²) in [7, 11) is 1.96. The molecule has 0 aromatic heterocycles. The molecular weight excluding hydrogens is 368 g/mol. The number of rotatable bonds is 4. The Morgan fingerprint density at radius 1 is 1.14 bits per heavy atom. The summed E-state index contributed by atoms with van der Waals surface area (Å²) < 4.78 is 5.55. The third kappa shape index (κ3) is 3.49. The molecule has 2 unspecified atom stereocenters. The molecule has 152 valence electrons. The van der Waals surface area contributed by atoms with Crippen LogP contribution in [0.3, 0.4) is 0 Å². The second kappa shape index (κ2) is 7.52. The molecule has 4 rings (SSSR count). The smallest absolute Gasteiger partial charge is 0.408 e. The summed E-state index contributed by atoms with van der Waals surface area (Å²) in [6.45, 7) is 2.75. The van der Waals surface area contributed by atoms with Gasteiger partial charge >= 0.3 is 12.1 Å². The van der Waals surface area contributed by atoms with Gasteiger partial charge in [-0.1, -0.05) is 48.5 Å². The van der Waals surface area contributed by atoms with E-state index < -0.39 is 17.6 Å². The van der Waals surface area contributed by atoms with Crippen molar-refractivity contribution >= 4 is 12.1 Å². The number of ether oxygens (including phenoxy) is 1. The number of nitrogens with one attached hydrogen (secondary N) is 1. The largest absolute Gasteiger partial charge is 0.480 e. The first kappa shape index (κ1) is 19.5. The fraction of sp³-hybridized carbons (Fsp3) is 0.391. The Kier molecular flexibility index (Phi) is 5.04. The summed E-state index contributed by atoms with van der Waals surface area (Å²) in [4.78, 5) is 26.6. The number of fused-ring (bicyclic) bond motifs is 3. The van der Waals surface area contributed by atoms with Gasteiger partial charge in [-0.25, -0.2) is 9.59 Å². The number of hydrogen-bond acceptors (Lipinski definition) is 4. The van der Waals surface area contributed by atoms with Crippen molar-refractivity contribution in [2.45, 2.75) is 37.3 Å². The lowest BCUT2D eigenvalue weighted by atomic mass is 9.84. The summed E-state index contributed by atoms with van der Waals surface area (Å²) in [6, 6.07) is 16.3. The lowest BCUT2D eigenvalue weighted by Gasteiger charge is -2.41. The molecule has 0 radical (unpaired) electrons. The SMILES string of the molecule is CC1CC(NC(=O)OCC2c3ccccc3-c3ccccc32)(C(=O)O)CCN1C. The molecule has 2 N–H and O–H groups in total. The number of piperidine rings is 1. The van der Waals surface area contributed by atoms with Gasteiger partial charge in [-0.15, -0.1) is 0 Å². The Morgan fingerprint density at radius 3 is 2.28 bits per heavy atom. The predicted octanol–water partition coefficient (Wildman–Crippen LogP) is 3.46. The molecule has 6 nitrogen and oxygen atoms in total. The molecule has 2 atom stereocenters. The topological polar surface area (TPSA) is 78.9 Å². The van der Waals surface area contributed by atoms with Crippen molar-refractivity contribution in [3.63, 3.8) is 0 Å². The minimum absolute atomic E-state index is 0.0506. The quantitative estimate of drug-likeness (QED) is 0.830. The van der Waals surface area contributed by atoms with Crippen LogP contribution in [0.4, 0.5) is 4.79 Å². The van der Waals surface area contributed by atoms with E-state index in [9.17, 15) is 14.7 Å². The second-order valence-electron chi connectivity index (χ2n) is 8.12. The van der Waals surface area contributed by atoms with Gasteiger partial charge in [-0.3, -0.25) is 0 Å². The van der Waals surface area contributed by atoms with Crippen molar-refractivity contribution in [1.29, 1.82) is 0 Å². The van der Waals surface area contributed by atoms with E-state index in [1.54, 1.807) is 0 Å². The van der Waals surface area contributed by atoms with Gasteiger partial charge in [0.05, 0.1) is 0 Å². The number of hydrogen-bond donors (Lipinski definition) is 2. The second-order valence-corrected chi connectivity index (χ2v) is 8.12. The summed E-state index contributed by atoms with van der Waals surface area (Å²) in [5.74, 6) is -1.06. The highest BCUT2D eigenvalue weighted by atomic mass is 16.5. The first-order valence-corrected chi connectivity index (χ1v) is 9.98. The molecule has 1 aliphatic heterocycles. The van der Waals surface area contributed by atoms with E-state index >= 15 is 0 Å². The van der Waals surface area contributed by atoms with Crippen LogP contribution in [0.1, 0.15) is 36.8 Å². The molecular formula is C23H26N2O4. The lowest BCUT2D eigenvalue weighted by Crippen LogP contribution is -2.61. The van der Waals surface area contributed by atoms with Crippen molar-refractivity contribution < 1.29 is 19.4 Å². The van der Waals surface area contributed by atoms with Gasteiger partial charge in [0.15, 0.2) is 0 Å². The third-order valence-electron chi connectivity index (χ3n) is 6.38. The minimum Gasteiger partial charge on any atom is -0.480 e. The van der Waals surface area contributed by atoms with Crippen molar-refractivity contribution in [3.05, 3.63) is 59.7 Å². The van der Waals surface area contributed by atoms with E-state index in [0.717, 1.165) is 22.3 Å². The molecule has 0 bridgehead atoms. The highest BCUT2D eigenvalue weighted by Crippen LogP contribution is 2.44. The van der Waals surface area contributed by atoms with E-state index in [0.29, 0.717) is 19.4 Å². The standard InChI is InChI=1S/C23H26N2O4/c1-15-13-23(21(26)27,11-12-25(15)2)24-22(28)29-14-20-18-9-5-3-7-16(18)17-8-4-6-10-19(17)20/h3-10,15,20H,11-14H2,1-2H3,(H,24,28)(H,26,27). The first-order valence-electron chi connectivity index (χ1n) is 9.98.